The van der Waals surface area contributed by atoms with E-state index in [1.54, 1.807) is 0 Å². The number of pyridine rings is 1. The highest BCUT2D eigenvalue weighted by atomic mass is 32.1. The number of nitrogens with zero attached hydrogens (tertiary/aromatic N) is 2. The minimum Gasteiger partial charge on any atom is -0.389 e. The third-order valence-electron chi connectivity index (χ3n) is 3.57. The zero-order chi connectivity index (χ0) is 13.1. The summed E-state index contributed by atoms with van der Waals surface area (Å²) in [5, 5.41) is 0. The topological polar surface area (TPSA) is 42.1 Å². The summed E-state index contributed by atoms with van der Waals surface area (Å²) in [5.41, 5.74) is 7.62. The van der Waals surface area contributed by atoms with E-state index in [1.165, 1.54) is 19.3 Å². The van der Waals surface area contributed by atoms with Gasteiger partial charge in [0.2, 0.25) is 0 Å². The molecular weight excluding hydrogens is 242 g/mol. The number of hydrogen-bond donors (Lipinski definition) is 1. The lowest BCUT2D eigenvalue weighted by atomic mass is 10.0. The molecule has 1 aromatic heterocycles. The summed E-state index contributed by atoms with van der Waals surface area (Å²) >= 11 is 5.06. The molecule has 1 aliphatic rings. The van der Waals surface area contributed by atoms with E-state index in [9.17, 15) is 0 Å². The van der Waals surface area contributed by atoms with Crippen LogP contribution in [0.1, 0.15) is 37.4 Å². The standard InChI is InChI=1S/C14H21N3S/c1-10-4-3-6-17(7-5-10)13-9-12(14(15)18)8-11(2)16-13/h8-10H,3-7H2,1-2H3,(H2,15,18). The van der Waals surface area contributed by atoms with E-state index in [2.05, 4.69) is 16.8 Å². The Hall–Kier alpha value is -1.16. The van der Waals surface area contributed by atoms with Crippen molar-refractivity contribution >= 4 is 23.0 Å². The minimum absolute atomic E-state index is 0.449. The van der Waals surface area contributed by atoms with Gasteiger partial charge in [0.15, 0.2) is 0 Å². The molecule has 2 N–H and O–H groups in total. The quantitative estimate of drug-likeness (QED) is 0.833. The van der Waals surface area contributed by atoms with Gasteiger partial charge >= 0.3 is 0 Å². The Morgan fingerprint density at radius 1 is 1.39 bits per heavy atom. The molecule has 0 aliphatic carbocycles. The second-order valence-electron chi connectivity index (χ2n) is 5.24. The van der Waals surface area contributed by atoms with E-state index >= 15 is 0 Å². The first-order valence-electron chi connectivity index (χ1n) is 6.59. The molecule has 1 aliphatic heterocycles. The molecule has 1 unspecified atom stereocenters. The van der Waals surface area contributed by atoms with Crippen LogP contribution < -0.4 is 10.6 Å². The van der Waals surface area contributed by atoms with Gasteiger partial charge in [-0.05, 0) is 44.2 Å². The number of rotatable bonds is 2. The van der Waals surface area contributed by atoms with Crippen LogP contribution in [0.4, 0.5) is 5.82 Å². The summed E-state index contributed by atoms with van der Waals surface area (Å²) in [5.74, 6) is 1.83. The van der Waals surface area contributed by atoms with Gasteiger partial charge in [-0.15, -0.1) is 0 Å². The lowest BCUT2D eigenvalue weighted by molar-refractivity contribution is 0.521. The van der Waals surface area contributed by atoms with Crippen molar-refractivity contribution in [3.63, 3.8) is 0 Å². The molecule has 0 spiro atoms. The van der Waals surface area contributed by atoms with Crippen LogP contribution in [0.5, 0.6) is 0 Å². The summed E-state index contributed by atoms with van der Waals surface area (Å²) in [6.07, 6.45) is 3.78. The number of nitrogens with two attached hydrogens (primary N) is 1. The van der Waals surface area contributed by atoms with E-state index in [4.69, 9.17) is 18.0 Å². The Labute approximate surface area is 114 Å². The number of thiocarbonyl (C=S) groups is 1. The number of anilines is 1. The zero-order valence-electron chi connectivity index (χ0n) is 11.1. The van der Waals surface area contributed by atoms with Crippen LogP contribution in [0.2, 0.25) is 0 Å². The van der Waals surface area contributed by atoms with Crippen molar-refractivity contribution < 1.29 is 0 Å². The highest BCUT2D eigenvalue weighted by molar-refractivity contribution is 7.80. The number of aryl methyl sites for hydroxylation is 1. The Morgan fingerprint density at radius 2 is 2.17 bits per heavy atom. The van der Waals surface area contributed by atoms with Crippen molar-refractivity contribution in [3.8, 4) is 0 Å². The van der Waals surface area contributed by atoms with Gasteiger partial charge in [-0.25, -0.2) is 4.98 Å². The Balaban J connectivity index is 2.24. The van der Waals surface area contributed by atoms with Gasteiger partial charge in [-0.1, -0.05) is 19.1 Å². The average Bonchev–Trinajstić information content (AvgIpc) is 2.53. The molecule has 1 atom stereocenters. The number of aromatic nitrogens is 1. The molecule has 0 bridgehead atoms. The predicted octanol–water partition coefficient (Wildman–Crippen LogP) is 2.65. The summed E-state index contributed by atoms with van der Waals surface area (Å²) in [4.78, 5) is 7.43. The average molecular weight is 263 g/mol. The lowest BCUT2D eigenvalue weighted by Gasteiger charge is -2.22. The van der Waals surface area contributed by atoms with Crippen molar-refractivity contribution in [2.45, 2.75) is 33.1 Å². The Kier molecular flexibility index (Phi) is 4.17. The molecule has 1 aromatic rings. The molecule has 0 radical (unpaired) electrons. The molecule has 4 heteroatoms. The smallest absolute Gasteiger partial charge is 0.129 e. The first-order chi connectivity index (χ1) is 8.56. The monoisotopic (exact) mass is 263 g/mol. The van der Waals surface area contributed by atoms with E-state index in [1.807, 2.05) is 19.1 Å². The van der Waals surface area contributed by atoms with Gasteiger partial charge in [-0.2, -0.15) is 0 Å². The van der Waals surface area contributed by atoms with E-state index in [0.717, 1.165) is 36.1 Å². The van der Waals surface area contributed by atoms with Crippen molar-refractivity contribution in [1.29, 1.82) is 0 Å². The lowest BCUT2D eigenvalue weighted by Crippen LogP contribution is -2.26. The van der Waals surface area contributed by atoms with Crippen LogP contribution in [0, 0.1) is 12.8 Å². The summed E-state index contributed by atoms with van der Waals surface area (Å²) in [7, 11) is 0. The fraction of sp³-hybridized carbons (Fsp3) is 0.571. The highest BCUT2D eigenvalue weighted by Crippen LogP contribution is 2.22. The van der Waals surface area contributed by atoms with Gasteiger partial charge < -0.3 is 10.6 Å². The molecule has 18 heavy (non-hydrogen) atoms. The molecule has 98 valence electrons. The molecule has 2 rings (SSSR count). The maximum absolute atomic E-state index is 5.72. The van der Waals surface area contributed by atoms with Crippen LogP contribution in [0.3, 0.4) is 0 Å². The van der Waals surface area contributed by atoms with Gasteiger partial charge in [0.1, 0.15) is 10.8 Å². The van der Waals surface area contributed by atoms with Crippen LogP contribution in [-0.4, -0.2) is 23.1 Å². The molecule has 3 nitrogen and oxygen atoms in total. The van der Waals surface area contributed by atoms with Gasteiger partial charge in [0.05, 0.1) is 0 Å². The van der Waals surface area contributed by atoms with Crippen molar-refractivity contribution in [2.24, 2.45) is 11.7 Å². The van der Waals surface area contributed by atoms with Crippen molar-refractivity contribution in [3.05, 3.63) is 23.4 Å². The van der Waals surface area contributed by atoms with Crippen LogP contribution in [-0.2, 0) is 0 Å². The van der Waals surface area contributed by atoms with E-state index in [0.29, 0.717) is 4.99 Å². The summed E-state index contributed by atoms with van der Waals surface area (Å²) in [6.45, 7) is 6.48. The normalized spacial score (nSPS) is 20.6. The second-order valence-corrected chi connectivity index (χ2v) is 5.68. The number of hydrogen-bond acceptors (Lipinski definition) is 3. The molecular formula is C14H21N3S. The van der Waals surface area contributed by atoms with Crippen molar-refractivity contribution in [2.75, 3.05) is 18.0 Å². The Bertz CT molecular complexity index is 445. The second kappa shape index (κ2) is 5.65. The first-order valence-corrected chi connectivity index (χ1v) is 7.00. The van der Waals surface area contributed by atoms with Crippen LogP contribution in [0.25, 0.3) is 0 Å². The molecule has 0 saturated carbocycles. The van der Waals surface area contributed by atoms with Gasteiger partial charge in [0, 0.05) is 24.3 Å². The van der Waals surface area contributed by atoms with E-state index in [-0.39, 0.29) is 0 Å². The molecule has 1 fully saturated rings. The largest absolute Gasteiger partial charge is 0.389 e. The van der Waals surface area contributed by atoms with E-state index < -0.39 is 0 Å². The zero-order valence-corrected chi connectivity index (χ0v) is 12.0. The van der Waals surface area contributed by atoms with Crippen LogP contribution in [0.15, 0.2) is 12.1 Å². The van der Waals surface area contributed by atoms with Gasteiger partial charge in [-0.3, -0.25) is 0 Å². The Morgan fingerprint density at radius 3 is 2.89 bits per heavy atom. The fourth-order valence-electron chi connectivity index (χ4n) is 2.45. The predicted molar refractivity (Wildman–Crippen MR) is 80.1 cm³/mol. The fourth-order valence-corrected chi connectivity index (χ4v) is 2.57. The maximum atomic E-state index is 5.72. The third-order valence-corrected chi connectivity index (χ3v) is 3.80. The third kappa shape index (κ3) is 3.19. The maximum Gasteiger partial charge on any atom is 0.129 e. The first kappa shape index (κ1) is 13.3. The molecule has 1 saturated heterocycles. The SMILES string of the molecule is Cc1cc(C(N)=S)cc(N2CCCC(C)CC2)n1. The molecule has 0 aromatic carbocycles. The molecule has 2 heterocycles. The minimum atomic E-state index is 0.449. The highest BCUT2D eigenvalue weighted by Gasteiger charge is 2.16. The molecule has 0 amide bonds. The van der Waals surface area contributed by atoms with Crippen molar-refractivity contribution in [1.82, 2.24) is 4.98 Å². The van der Waals surface area contributed by atoms with Crippen LogP contribution >= 0.6 is 12.2 Å². The van der Waals surface area contributed by atoms with Gasteiger partial charge in [0.25, 0.3) is 0 Å². The summed E-state index contributed by atoms with van der Waals surface area (Å²) in [6, 6.07) is 3.97. The summed E-state index contributed by atoms with van der Waals surface area (Å²) < 4.78 is 0.